The van der Waals surface area contributed by atoms with Crippen LogP contribution in [0.15, 0.2) is 97.1 Å². The summed E-state index contributed by atoms with van der Waals surface area (Å²) in [5, 5.41) is 19.4. The lowest BCUT2D eigenvalue weighted by Gasteiger charge is -2.10. The zero-order valence-electron chi connectivity index (χ0n) is 30.9. The van der Waals surface area contributed by atoms with Crippen LogP contribution in [0.25, 0.3) is 56.5 Å². The Bertz CT molecular complexity index is 2610. The van der Waals surface area contributed by atoms with Crippen LogP contribution in [-0.2, 0) is 0 Å². The average molecular weight is 760 g/mol. The molecule has 276 valence electrons. The molecule has 0 aliphatic carbocycles. The van der Waals surface area contributed by atoms with Crippen LogP contribution in [0.2, 0.25) is 5.28 Å². The van der Waals surface area contributed by atoms with Gasteiger partial charge in [0.1, 0.15) is 34.7 Å². The zero-order valence-corrected chi connectivity index (χ0v) is 31.7. The molecular weight excluding hydrogens is 726 g/mol. The summed E-state index contributed by atoms with van der Waals surface area (Å²) in [6.45, 7) is 9.02. The second-order valence-electron chi connectivity index (χ2n) is 12.4. The number of hydrogen-bond acceptors (Lipinski definition) is 11. The van der Waals surface area contributed by atoms with Crippen molar-refractivity contribution < 1.29 is 9.47 Å². The molecule has 0 amide bonds. The number of fused-ring (bicyclic) bond motifs is 2. The van der Waals surface area contributed by atoms with Crippen LogP contribution >= 0.6 is 11.6 Å². The van der Waals surface area contributed by atoms with Gasteiger partial charge in [-0.15, -0.1) is 0 Å². The number of para-hydroxylation sites is 2. The first-order valence-corrected chi connectivity index (χ1v) is 18.0. The van der Waals surface area contributed by atoms with E-state index in [1.54, 1.807) is 9.13 Å². The molecule has 4 aromatic heterocycles. The van der Waals surface area contributed by atoms with Crippen molar-refractivity contribution in [3.63, 3.8) is 0 Å². The number of rotatable bonds is 8. The number of anilines is 1. The summed E-state index contributed by atoms with van der Waals surface area (Å²) in [4.78, 5) is 26.8. The van der Waals surface area contributed by atoms with Crippen molar-refractivity contribution >= 4 is 39.9 Å². The summed E-state index contributed by atoms with van der Waals surface area (Å²) in [5.41, 5.74) is 13.6. The molecule has 8 aromatic rings. The Hall–Kier alpha value is -7.35. The maximum atomic E-state index is 9.60. The van der Waals surface area contributed by atoms with E-state index in [1.165, 1.54) is 0 Å². The minimum atomic E-state index is 0.183. The van der Waals surface area contributed by atoms with Gasteiger partial charge in [0.05, 0.1) is 24.6 Å². The number of halogens is 1. The first-order valence-electron chi connectivity index (χ1n) is 17.6. The van der Waals surface area contributed by atoms with Crippen molar-refractivity contribution in [3.05, 3.63) is 125 Å². The number of nitrogen functional groups attached to an aromatic ring is 1. The molecule has 0 fully saturated rings. The van der Waals surface area contributed by atoms with Gasteiger partial charge in [0.25, 0.3) is 0 Å². The third-order valence-electron chi connectivity index (χ3n) is 8.77. The van der Waals surface area contributed by atoms with Gasteiger partial charge < -0.3 is 15.2 Å². The van der Waals surface area contributed by atoms with Gasteiger partial charge in [-0.3, -0.25) is 9.13 Å². The molecule has 0 saturated carbocycles. The summed E-state index contributed by atoms with van der Waals surface area (Å²) in [6, 6.07) is 34.7. The summed E-state index contributed by atoms with van der Waals surface area (Å²) in [6.07, 6.45) is 0. The molecule has 4 aromatic carbocycles. The van der Waals surface area contributed by atoms with Gasteiger partial charge in [-0.1, -0.05) is 36.4 Å². The van der Waals surface area contributed by atoms with E-state index < -0.39 is 0 Å². The molecule has 14 heteroatoms. The first kappa shape index (κ1) is 37.0. The third kappa shape index (κ3) is 7.14. The molecule has 2 N–H and O–H groups in total. The molecule has 13 nitrogen and oxygen atoms in total. The number of aryl methyl sites for hydroxylation is 2. The van der Waals surface area contributed by atoms with Crippen LogP contribution in [0.5, 0.6) is 11.5 Å². The second-order valence-corrected chi connectivity index (χ2v) is 12.7. The number of hydrogen-bond donors (Lipinski definition) is 1. The molecule has 56 heavy (non-hydrogen) atoms. The summed E-state index contributed by atoms with van der Waals surface area (Å²) in [5.74, 6) is 2.65. The van der Waals surface area contributed by atoms with Crippen molar-refractivity contribution in [2.24, 2.45) is 0 Å². The zero-order chi connectivity index (χ0) is 39.3. The van der Waals surface area contributed by atoms with Crippen LogP contribution in [0.3, 0.4) is 0 Å². The van der Waals surface area contributed by atoms with E-state index in [0.717, 1.165) is 45.1 Å². The lowest BCUT2D eigenvalue weighted by atomic mass is 10.2. The monoisotopic (exact) mass is 759 g/mol. The van der Waals surface area contributed by atoms with E-state index in [0.29, 0.717) is 47.2 Å². The van der Waals surface area contributed by atoms with Gasteiger partial charge in [-0.25, -0.2) is 29.9 Å². The van der Waals surface area contributed by atoms with E-state index in [4.69, 9.17) is 26.8 Å². The molecule has 0 atom stereocenters. The Labute approximate surface area is 327 Å². The average Bonchev–Trinajstić information content (AvgIpc) is 3.73. The Kier molecular flexibility index (Phi) is 10.5. The Balaban J connectivity index is 0.000000172. The normalized spacial score (nSPS) is 10.8. The second kappa shape index (κ2) is 15.9. The maximum absolute atomic E-state index is 9.60. The number of nitrogens with zero attached hydrogens (tertiary/aromatic N) is 10. The van der Waals surface area contributed by atoms with Gasteiger partial charge in [0.15, 0.2) is 34.3 Å². The van der Waals surface area contributed by atoms with Crippen molar-refractivity contribution in [2.75, 3.05) is 18.9 Å². The summed E-state index contributed by atoms with van der Waals surface area (Å²) < 4.78 is 14.5. The van der Waals surface area contributed by atoms with E-state index in [1.807, 2.05) is 125 Å². The van der Waals surface area contributed by atoms with E-state index in [2.05, 4.69) is 42.0 Å². The molecule has 0 saturated heterocycles. The molecule has 0 aliphatic rings. The highest BCUT2D eigenvalue weighted by atomic mass is 35.5. The lowest BCUT2D eigenvalue weighted by molar-refractivity contribution is 0.340. The van der Waals surface area contributed by atoms with Crippen molar-refractivity contribution in [1.82, 2.24) is 39.0 Å². The Morgan fingerprint density at radius 2 is 1.02 bits per heavy atom. The van der Waals surface area contributed by atoms with Crippen molar-refractivity contribution in [3.8, 4) is 57.8 Å². The first-order chi connectivity index (χ1) is 27.2. The van der Waals surface area contributed by atoms with Crippen LogP contribution in [-0.4, -0.2) is 52.3 Å². The van der Waals surface area contributed by atoms with Gasteiger partial charge in [-0.2, -0.15) is 10.5 Å². The SMILES string of the molecule is CCOc1ccc(-c2nc(C#N)c3nc(Cl)n(-c4ccccc4C)c3n2)cc1.CCOc1ccc(-c2nc(C#N)c3nc(N)n(-c4ccccc4C)c3n2)cc1. The molecule has 8 rings (SSSR count). The predicted octanol–water partition coefficient (Wildman–Crippen LogP) is 8.36. The van der Waals surface area contributed by atoms with Crippen LogP contribution in [0, 0.1) is 36.5 Å². The highest BCUT2D eigenvalue weighted by Crippen LogP contribution is 2.30. The Morgan fingerprint density at radius 3 is 1.46 bits per heavy atom. The fraction of sp³-hybridized carbons (Fsp3) is 0.143. The largest absolute Gasteiger partial charge is 0.494 e. The lowest BCUT2D eigenvalue weighted by Crippen LogP contribution is -2.04. The van der Waals surface area contributed by atoms with Gasteiger partial charge in [0, 0.05) is 11.1 Å². The van der Waals surface area contributed by atoms with Crippen LogP contribution < -0.4 is 15.2 Å². The quantitative estimate of drug-likeness (QED) is 0.147. The van der Waals surface area contributed by atoms with E-state index >= 15 is 0 Å². The minimum absolute atomic E-state index is 0.183. The van der Waals surface area contributed by atoms with Crippen molar-refractivity contribution in [2.45, 2.75) is 27.7 Å². The smallest absolute Gasteiger partial charge is 0.209 e. The standard InChI is InChI=1S/C21H16ClN5O.C21H18N6O/c1-3-28-15-10-8-14(9-11-15)19-24-16(12-23)18-20(26-19)27(21(22)25-18)17-7-5-4-6-13(17)2;1-3-28-15-10-8-14(9-11-15)19-24-16(12-22)18-20(26-19)27(21(23)25-18)17-7-5-4-6-13(17)2/h4-11H,3H2,1-2H3;4-11H,3H2,1-2H3,(H2,23,25). The third-order valence-corrected chi connectivity index (χ3v) is 9.02. The molecule has 4 heterocycles. The highest BCUT2D eigenvalue weighted by molar-refractivity contribution is 6.29. The molecule has 0 unspecified atom stereocenters. The molecule has 0 aliphatic heterocycles. The molecular formula is C42H34ClN11O2. The Morgan fingerprint density at radius 1 is 0.589 bits per heavy atom. The fourth-order valence-corrected chi connectivity index (χ4v) is 6.39. The fourth-order valence-electron chi connectivity index (χ4n) is 6.13. The number of imidazole rings is 2. The number of nitrogens with two attached hydrogens (primary N) is 1. The van der Waals surface area contributed by atoms with Crippen LogP contribution in [0.4, 0.5) is 5.95 Å². The van der Waals surface area contributed by atoms with Crippen molar-refractivity contribution in [1.29, 1.82) is 10.5 Å². The number of ether oxygens (including phenoxy) is 2. The predicted molar refractivity (Wildman–Crippen MR) is 215 cm³/mol. The summed E-state index contributed by atoms with van der Waals surface area (Å²) >= 11 is 6.42. The maximum Gasteiger partial charge on any atom is 0.209 e. The number of benzene rings is 4. The number of aromatic nitrogens is 8. The van der Waals surface area contributed by atoms with E-state index in [-0.39, 0.29) is 22.6 Å². The topological polar surface area (TPSA) is 179 Å². The van der Waals surface area contributed by atoms with Crippen LogP contribution in [0.1, 0.15) is 36.4 Å². The van der Waals surface area contributed by atoms with E-state index in [9.17, 15) is 10.5 Å². The molecule has 0 radical (unpaired) electrons. The number of nitriles is 2. The summed E-state index contributed by atoms with van der Waals surface area (Å²) in [7, 11) is 0. The highest BCUT2D eigenvalue weighted by Gasteiger charge is 2.21. The van der Waals surface area contributed by atoms with Gasteiger partial charge in [-0.05, 0) is 111 Å². The minimum Gasteiger partial charge on any atom is -0.494 e. The van der Waals surface area contributed by atoms with Gasteiger partial charge in [0.2, 0.25) is 11.2 Å². The molecule has 0 bridgehead atoms. The molecule has 0 spiro atoms. The van der Waals surface area contributed by atoms with Gasteiger partial charge >= 0.3 is 0 Å².